The third kappa shape index (κ3) is 3.68. The van der Waals surface area contributed by atoms with Gasteiger partial charge in [-0.05, 0) is 25.6 Å². The Labute approximate surface area is 107 Å². The highest BCUT2D eigenvalue weighted by atomic mass is 16.5. The van der Waals surface area contributed by atoms with E-state index in [1.165, 1.54) is 0 Å². The van der Waals surface area contributed by atoms with Crippen LogP contribution < -0.4 is 5.73 Å². The number of rotatable bonds is 6. The molecule has 0 aliphatic carbocycles. The Morgan fingerprint density at radius 3 is 3.00 bits per heavy atom. The molecule has 0 saturated carbocycles. The summed E-state index contributed by atoms with van der Waals surface area (Å²) in [5.41, 5.74) is 7.03. The highest BCUT2D eigenvalue weighted by Gasteiger charge is 2.13. The lowest BCUT2D eigenvalue weighted by Crippen LogP contribution is -2.33. The average molecular weight is 252 g/mol. The summed E-state index contributed by atoms with van der Waals surface area (Å²) in [6.07, 6.45) is 1.62. The third-order valence-corrected chi connectivity index (χ3v) is 2.82. The van der Waals surface area contributed by atoms with Gasteiger partial charge in [0.05, 0.1) is 6.61 Å². The molecule has 1 heterocycles. The summed E-state index contributed by atoms with van der Waals surface area (Å²) in [6.45, 7) is 3.38. The third-order valence-electron chi connectivity index (χ3n) is 2.82. The molecule has 1 aromatic rings. The second-order valence-corrected chi connectivity index (χ2v) is 4.22. The zero-order chi connectivity index (χ0) is 13.5. The molecule has 0 saturated heterocycles. The van der Waals surface area contributed by atoms with Crippen LogP contribution in [0.15, 0.2) is 23.5 Å². The summed E-state index contributed by atoms with van der Waals surface area (Å²) in [6, 6.07) is 4.02. The van der Waals surface area contributed by atoms with Crippen molar-refractivity contribution < 1.29 is 9.94 Å². The molecule has 1 atom stereocenters. The number of nitrogens with zero attached hydrogens (tertiary/aromatic N) is 3. The molecule has 1 rings (SSSR count). The number of methoxy groups -OCH3 is 1. The van der Waals surface area contributed by atoms with Crippen LogP contribution in [0.25, 0.3) is 0 Å². The van der Waals surface area contributed by atoms with Crippen molar-refractivity contribution in [2.75, 3.05) is 20.8 Å². The molecule has 0 aromatic carbocycles. The molecule has 0 aliphatic rings. The van der Waals surface area contributed by atoms with Crippen LogP contribution in [0.4, 0.5) is 0 Å². The fraction of sp³-hybridized carbons (Fsp3) is 0.500. The van der Waals surface area contributed by atoms with Crippen LogP contribution in [0, 0.1) is 0 Å². The quantitative estimate of drug-likeness (QED) is 0.336. The van der Waals surface area contributed by atoms with Gasteiger partial charge in [0.1, 0.15) is 5.69 Å². The van der Waals surface area contributed by atoms with E-state index in [9.17, 15) is 0 Å². The topological polar surface area (TPSA) is 84.0 Å². The van der Waals surface area contributed by atoms with E-state index in [0.29, 0.717) is 18.8 Å². The molecule has 0 spiro atoms. The van der Waals surface area contributed by atoms with E-state index >= 15 is 0 Å². The molecule has 6 nitrogen and oxygen atoms in total. The van der Waals surface area contributed by atoms with Gasteiger partial charge < -0.3 is 15.7 Å². The summed E-state index contributed by atoms with van der Waals surface area (Å²) >= 11 is 0. The number of hydrogen-bond acceptors (Lipinski definition) is 5. The monoisotopic (exact) mass is 252 g/mol. The summed E-state index contributed by atoms with van der Waals surface area (Å²) < 4.78 is 5.12. The van der Waals surface area contributed by atoms with Crippen LogP contribution >= 0.6 is 0 Å². The Hall–Kier alpha value is -1.66. The van der Waals surface area contributed by atoms with Crippen molar-refractivity contribution >= 4 is 5.84 Å². The van der Waals surface area contributed by atoms with E-state index in [0.717, 1.165) is 5.56 Å². The van der Waals surface area contributed by atoms with Crippen molar-refractivity contribution in [1.82, 2.24) is 9.88 Å². The van der Waals surface area contributed by atoms with E-state index in [2.05, 4.69) is 22.0 Å². The van der Waals surface area contributed by atoms with Crippen LogP contribution in [-0.2, 0) is 11.3 Å². The van der Waals surface area contributed by atoms with Gasteiger partial charge in [-0.25, -0.2) is 0 Å². The molecule has 0 fully saturated rings. The van der Waals surface area contributed by atoms with Crippen LogP contribution in [0.3, 0.4) is 0 Å². The van der Waals surface area contributed by atoms with Crippen LogP contribution in [0.1, 0.15) is 18.2 Å². The Bertz CT molecular complexity index is 409. The van der Waals surface area contributed by atoms with Crippen molar-refractivity contribution in [3.05, 3.63) is 29.6 Å². The SMILES string of the molecule is COCC(C)N(C)Cc1cccnc1C(N)=NO. The van der Waals surface area contributed by atoms with Crippen LogP contribution in [-0.4, -0.2) is 47.7 Å². The van der Waals surface area contributed by atoms with Gasteiger partial charge in [-0.2, -0.15) is 0 Å². The van der Waals surface area contributed by atoms with Crippen LogP contribution in [0.2, 0.25) is 0 Å². The largest absolute Gasteiger partial charge is 0.409 e. The van der Waals surface area contributed by atoms with E-state index in [4.69, 9.17) is 15.7 Å². The number of ether oxygens (including phenoxy) is 1. The second-order valence-electron chi connectivity index (χ2n) is 4.22. The Kier molecular flexibility index (Phi) is 5.54. The van der Waals surface area contributed by atoms with Gasteiger partial charge in [-0.15, -0.1) is 0 Å². The van der Waals surface area contributed by atoms with Crippen LogP contribution in [0.5, 0.6) is 0 Å². The minimum Gasteiger partial charge on any atom is -0.409 e. The van der Waals surface area contributed by atoms with Crippen molar-refractivity contribution in [3.63, 3.8) is 0 Å². The lowest BCUT2D eigenvalue weighted by molar-refractivity contribution is 0.112. The van der Waals surface area contributed by atoms with Gasteiger partial charge in [0.25, 0.3) is 0 Å². The first-order valence-electron chi connectivity index (χ1n) is 5.71. The smallest absolute Gasteiger partial charge is 0.189 e. The fourth-order valence-electron chi connectivity index (χ4n) is 1.64. The maximum atomic E-state index is 8.73. The number of aromatic nitrogens is 1. The minimum absolute atomic E-state index is 0.0263. The van der Waals surface area contributed by atoms with Gasteiger partial charge in [0, 0.05) is 25.9 Å². The molecule has 0 bridgehead atoms. The molecule has 0 radical (unpaired) electrons. The Balaban J connectivity index is 2.84. The summed E-state index contributed by atoms with van der Waals surface area (Å²) in [5.74, 6) is 0.0263. The number of nitrogens with two attached hydrogens (primary N) is 1. The Morgan fingerprint density at radius 1 is 1.67 bits per heavy atom. The molecule has 1 unspecified atom stereocenters. The highest BCUT2D eigenvalue weighted by Crippen LogP contribution is 2.10. The normalized spacial score (nSPS) is 13.9. The van der Waals surface area contributed by atoms with Crippen molar-refractivity contribution in [3.8, 4) is 0 Å². The average Bonchev–Trinajstić information content (AvgIpc) is 2.38. The van der Waals surface area contributed by atoms with Crippen molar-refractivity contribution in [2.24, 2.45) is 10.9 Å². The number of pyridine rings is 1. The molecule has 1 aromatic heterocycles. The van der Waals surface area contributed by atoms with Gasteiger partial charge in [-0.3, -0.25) is 9.88 Å². The standard InChI is InChI=1S/C12H20N4O2/c1-9(8-18-3)16(2)7-10-5-4-6-14-11(10)12(13)15-17/h4-6,9,17H,7-8H2,1-3H3,(H2,13,15). The van der Waals surface area contributed by atoms with Crippen molar-refractivity contribution in [1.29, 1.82) is 0 Å². The van der Waals surface area contributed by atoms with E-state index in [1.807, 2.05) is 19.2 Å². The first-order chi connectivity index (χ1) is 8.60. The van der Waals surface area contributed by atoms with E-state index in [1.54, 1.807) is 13.3 Å². The number of oxime groups is 1. The molecular weight excluding hydrogens is 232 g/mol. The first kappa shape index (κ1) is 14.4. The predicted octanol–water partition coefficient (Wildman–Crippen LogP) is 0.643. The Morgan fingerprint density at radius 2 is 2.39 bits per heavy atom. The number of amidine groups is 1. The van der Waals surface area contributed by atoms with Gasteiger partial charge in [0.15, 0.2) is 5.84 Å². The van der Waals surface area contributed by atoms with E-state index in [-0.39, 0.29) is 11.9 Å². The lowest BCUT2D eigenvalue weighted by atomic mass is 10.1. The molecule has 0 aliphatic heterocycles. The number of likely N-dealkylation sites (N-methyl/N-ethyl adjacent to an activating group) is 1. The summed E-state index contributed by atoms with van der Waals surface area (Å²) in [5, 5.41) is 11.7. The summed E-state index contributed by atoms with van der Waals surface area (Å²) in [4.78, 5) is 6.25. The summed E-state index contributed by atoms with van der Waals surface area (Å²) in [7, 11) is 3.67. The molecule has 100 valence electrons. The maximum absolute atomic E-state index is 8.73. The molecule has 18 heavy (non-hydrogen) atoms. The second kappa shape index (κ2) is 6.93. The first-order valence-corrected chi connectivity index (χ1v) is 5.71. The molecule has 0 amide bonds. The molecular formula is C12H20N4O2. The highest BCUT2D eigenvalue weighted by molar-refractivity contribution is 5.96. The predicted molar refractivity (Wildman–Crippen MR) is 69.6 cm³/mol. The lowest BCUT2D eigenvalue weighted by Gasteiger charge is -2.24. The zero-order valence-electron chi connectivity index (χ0n) is 11.0. The maximum Gasteiger partial charge on any atom is 0.189 e. The van der Waals surface area contributed by atoms with Gasteiger partial charge in [-0.1, -0.05) is 11.2 Å². The molecule has 6 heteroatoms. The van der Waals surface area contributed by atoms with Gasteiger partial charge in [0.2, 0.25) is 0 Å². The fourth-order valence-corrected chi connectivity index (χ4v) is 1.64. The molecule has 3 N–H and O–H groups in total. The minimum atomic E-state index is 0.0263. The van der Waals surface area contributed by atoms with Crippen molar-refractivity contribution in [2.45, 2.75) is 19.5 Å². The number of hydrogen-bond donors (Lipinski definition) is 2. The van der Waals surface area contributed by atoms with Gasteiger partial charge >= 0.3 is 0 Å². The van der Waals surface area contributed by atoms with E-state index < -0.39 is 0 Å². The zero-order valence-corrected chi connectivity index (χ0v) is 11.0.